The summed E-state index contributed by atoms with van der Waals surface area (Å²) in [5.74, 6) is 0.309. The predicted octanol–water partition coefficient (Wildman–Crippen LogP) is 4.79. The van der Waals surface area contributed by atoms with E-state index in [1.807, 2.05) is 6.92 Å². The van der Waals surface area contributed by atoms with Crippen LogP contribution in [-0.4, -0.2) is 11.5 Å². The van der Waals surface area contributed by atoms with E-state index < -0.39 is 5.60 Å². The average molecular weight is 398 g/mol. The van der Waals surface area contributed by atoms with Gasteiger partial charge in [-0.05, 0) is 78.7 Å². The lowest BCUT2D eigenvalue weighted by Crippen LogP contribution is -2.42. The Labute approximate surface area is 149 Å². The highest BCUT2D eigenvalue weighted by Gasteiger charge is 2.30. The molecule has 0 bridgehead atoms. The van der Waals surface area contributed by atoms with E-state index in [1.54, 1.807) is 50.2 Å². The van der Waals surface area contributed by atoms with Crippen LogP contribution < -0.4 is 15.8 Å². The molecule has 4 nitrogen and oxygen atoms in total. The molecule has 0 atom stereocenters. The van der Waals surface area contributed by atoms with E-state index >= 15 is 0 Å². The molecule has 0 aliphatic heterocycles. The first-order valence-electron chi connectivity index (χ1n) is 7.01. The Morgan fingerprint density at radius 2 is 1.87 bits per heavy atom. The number of hydrogen-bond donors (Lipinski definition) is 2. The summed E-state index contributed by atoms with van der Waals surface area (Å²) in [7, 11) is 0. The Kier molecular flexibility index (Phi) is 5.22. The highest BCUT2D eigenvalue weighted by Crippen LogP contribution is 2.30. The van der Waals surface area contributed by atoms with Crippen LogP contribution in [0, 0.1) is 6.92 Å². The quantitative estimate of drug-likeness (QED) is 0.729. The standard InChI is InChI=1S/C17H18BrClN2O2/c1-10-8-12(20)9-14(18)15(10)21-16(22)17(2,3)23-13-6-4-11(19)5-7-13/h4-9H,20H2,1-3H3,(H,21,22). The lowest BCUT2D eigenvalue weighted by molar-refractivity contribution is -0.128. The molecule has 2 rings (SSSR count). The Bertz CT molecular complexity index is 707. The topological polar surface area (TPSA) is 64.3 Å². The molecule has 0 heterocycles. The number of amides is 1. The van der Waals surface area contributed by atoms with Crippen molar-refractivity contribution < 1.29 is 9.53 Å². The van der Waals surface area contributed by atoms with Gasteiger partial charge < -0.3 is 15.8 Å². The van der Waals surface area contributed by atoms with Crippen LogP contribution in [0.15, 0.2) is 40.9 Å². The molecule has 0 saturated carbocycles. The van der Waals surface area contributed by atoms with Crippen LogP contribution in [0.25, 0.3) is 0 Å². The lowest BCUT2D eigenvalue weighted by Gasteiger charge is -2.26. The van der Waals surface area contributed by atoms with E-state index in [1.165, 1.54) is 0 Å². The predicted molar refractivity (Wildman–Crippen MR) is 98.1 cm³/mol. The molecule has 0 aromatic heterocycles. The second kappa shape index (κ2) is 6.81. The fraction of sp³-hybridized carbons (Fsp3) is 0.235. The Hall–Kier alpha value is -1.72. The fourth-order valence-electron chi connectivity index (χ4n) is 2.04. The zero-order chi connectivity index (χ0) is 17.2. The number of carbonyl (C=O) groups excluding carboxylic acids is 1. The summed E-state index contributed by atoms with van der Waals surface area (Å²) in [5.41, 5.74) is 6.90. The van der Waals surface area contributed by atoms with Gasteiger partial charge in [0.1, 0.15) is 5.75 Å². The SMILES string of the molecule is Cc1cc(N)cc(Br)c1NC(=O)C(C)(C)Oc1ccc(Cl)cc1. The van der Waals surface area contributed by atoms with Gasteiger partial charge in [-0.1, -0.05) is 11.6 Å². The van der Waals surface area contributed by atoms with Gasteiger partial charge in [-0.2, -0.15) is 0 Å². The minimum atomic E-state index is -1.05. The van der Waals surface area contributed by atoms with Crippen LogP contribution in [0.5, 0.6) is 5.75 Å². The first-order chi connectivity index (χ1) is 10.7. The molecule has 0 aliphatic carbocycles. The normalized spacial score (nSPS) is 11.2. The van der Waals surface area contributed by atoms with Crippen molar-refractivity contribution in [3.63, 3.8) is 0 Å². The monoisotopic (exact) mass is 396 g/mol. The zero-order valence-electron chi connectivity index (χ0n) is 13.1. The van der Waals surface area contributed by atoms with Gasteiger partial charge >= 0.3 is 0 Å². The van der Waals surface area contributed by atoms with Gasteiger partial charge in [0.2, 0.25) is 0 Å². The molecule has 23 heavy (non-hydrogen) atoms. The maximum atomic E-state index is 12.6. The van der Waals surface area contributed by atoms with Crippen LogP contribution in [0.4, 0.5) is 11.4 Å². The van der Waals surface area contributed by atoms with Gasteiger partial charge in [0.05, 0.1) is 5.69 Å². The minimum absolute atomic E-state index is 0.263. The zero-order valence-corrected chi connectivity index (χ0v) is 15.5. The number of ether oxygens (including phenoxy) is 1. The van der Waals surface area contributed by atoms with Crippen LogP contribution >= 0.6 is 27.5 Å². The molecule has 0 aliphatic rings. The van der Waals surface area contributed by atoms with Crippen LogP contribution in [0.1, 0.15) is 19.4 Å². The van der Waals surface area contributed by atoms with Crippen LogP contribution in [0.2, 0.25) is 5.02 Å². The summed E-state index contributed by atoms with van der Waals surface area (Å²) in [5, 5.41) is 3.50. The number of nitrogens with two attached hydrogens (primary N) is 1. The van der Waals surface area contributed by atoms with Crippen molar-refractivity contribution in [3.8, 4) is 5.75 Å². The number of benzene rings is 2. The summed E-state index contributed by atoms with van der Waals surface area (Å²) in [4.78, 5) is 12.6. The number of carbonyl (C=O) groups is 1. The summed E-state index contributed by atoms with van der Waals surface area (Å²) >= 11 is 9.27. The molecule has 122 valence electrons. The average Bonchev–Trinajstić information content (AvgIpc) is 2.44. The molecular formula is C17H18BrClN2O2. The third-order valence-corrected chi connectivity index (χ3v) is 4.16. The summed E-state index contributed by atoms with van der Waals surface area (Å²) in [6, 6.07) is 10.4. The third-order valence-electron chi connectivity index (χ3n) is 3.28. The van der Waals surface area contributed by atoms with E-state index in [4.69, 9.17) is 22.1 Å². The molecule has 0 saturated heterocycles. The molecule has 0 spiro atoms. The van der Waals surface area contributed by atoms with E-state index in [2.05, 4.69) is 21.2 Å². The van der Waals surface area contributed by atoms with Crippen LogP contribution in [-0.2, 0) is 4.79 Å². The van der Waals surface area contributed by atoms with Gasteiger partial charge in [0, 0.05) is 15.2 Å². The van der Waals surface area contributed by atoms with E-state index in [0.29, 0.717) is 22.1 Å². The molecule has 0 radical (unpaired) electrons. The van der Waals surface area contributed by atoms with E-state index in [9.17, 15) is 4.79 Å². The van der Waals surface area contributed by atoms with E-state index in [-0.39, 0.29) is 5.91 Å². The van der Waals surface area contributed by atoms with Gasteiger partial charge in [0.25, 0.3) is 5.91 Å². The molecule has 2 aromatic rings. The minimum Gasteiger partial charge on any atom is -0.478 e. The number of anilines is 2. The molecule has 1 amide bonds. The maximum absolute atomic E-state index is 12.6. The van der Waals surface area contributed by atoms with Gasteiger partial charge in [0.15, 0.2) is 5.60 Å². The van der Waals surface area contributed by atoms with Crippen molar-refractivity contribution in [2.24, 2.45) is 0 Å². The fourth-order valence-corrected chi connectivity index (χ4v) is 2.84. The van der Waals surface area contributed by atoms with Gasteiger partial charge in [-0.25, -0.2) is 0 Å². The van der Waals surface area contributed by atoms with E-state index in [0.717, 1.165) is 10.0 Å². The largest absolute Gasteiger partial charge is 0.478 e. The number of nitrogens with one attached hydrogen (secondary N) is 1. The summed E-state index contributed by atoms with van der Waals surface area (Å²) in [6.45, 7) is 5.29. The molecular weight excluding hydrogens is 380 g/mol. The lowest BCUT2D eigenvalue weighted by atomic mass is 10.1. The van der Waals surface area contributed by atoms with Crippen LogP contribution in [0.3, 0.4) is 0 Å². The summed E-state index contributed by atoms with van der Waals surface area (Å²) < 4.78 is 6.51. The molecule has 6 heteroatoms. The Balaban J connectivity index is 2.17. The number of nitrogen functional groups attached to an aromatic ring is 1. The van der Waals surface area contributed by atoms with Crippen molar-refractivity contribution in [2.45, 2.75) is 26.4 Å². The second-order valence-electron chi connectivity index (χ2n) is 5.72. The maximum Gasteiger partial charge on any atom is 0.268 e. The summed E-state index contributed by atoms with van der Waals surface area (Å²) in [6.07, 6.45) is 0. The molecule has 0 fully saturated rings. The first-order valence-corrected chi connectivity index (χ1v) is 8.18. The highest BCUT2D eigenvalue weighted by molar-refractivity contribution is 9.10. The second-order valence-corrected chi connectivity index (χ2v) is 7.01. The number of rotatable bonds is 4. The molecule has 2 aromatic carbocycles. The number of aryl methyl sites for hydroxylation is 1. The van der Waals surface area contributed by atoms with Crippen molar-refractivity contribution >= 4 is 44.8 Å². The van der Waals surface area contributed by atoms with Crippen molar-refractivity contribution in [3.05, 3.63) is 51.5 Å². The molecule has 3 N–H and O–H groups in total. The highest BCUT2D eigenvalue weighted by atomic mass is 79.9. The van der Waals surface area contributed by atoms with Gasteiger partial charge in [-0.15, -0.1) is 0 Å². The number of halogens is 2. The number of hydrogen-bond acceptors (Lipinski definition) is 3. The Morgan fingerprint density at radius 1 is 1.26 bits per heavy atom. The van der Waals surface area contributed by atoms with Gasteiger partial charge in [-0.3, -0.25) is 4.79 Å². The van der Waals surface area contributed by atoms with Crippen molar-refractivity contribution in [1.29, 1.82) is 0 Å². The third kappa shape index (κ3) is 4.39. The Morgan fingerprint density at radius 3 is 2.43 bits per heavy atom. The molecule has 0 unspecified atom stereocenters. The first kappa shape index (κ1) is 17.6. The van der Waals surface area contributed by atoms with Crippen molar-refractivity contribution in [1.82, 2.24) is 0 Å². The van der Waals surface area contributed by atoms with Crippen molar-refractivity contribution in [2.75, 3.05) is 11.1 Å². The smallest absolute Gasteiger partial charge is 0.268 e.